The number of phenols is 1. The molecule has 0 amide bonds. The second kappa shape index (κ2) is 10.8. The Morgan fingerprint density at radius 3 is 2.16 bits per heavy atom. The fourth-order valence-electron chi connectivity index (χ4n) is 1.81. The number of aromatic hydroxyl groups is 1. The average molecular weight is 266 g/mol. The van der Waals surface area contributed by atoms with Crippen molar-refractivity contribution in [3.8, 4) is 5.75 Å². The van der Waals surface area contributed by atoms with Crippen LogP contribution in [-0.4, -0.2) is 31.5 Å². The SMILES string of the molecule is CCCOCCCOCCCCc1ccc(O)cc1. The number of phenolic OH excluding ortho intramolecular Hbond substituents is 1. The predicted octanol–water partition coefficient (Wildman–Crippen LogP) is 3.55. The normalized spacial score (nSPS) is 10.8. The molecule has 1 aromatic carbocycles. The van der Waals surface area contributed by atoms with E-state index in [1.807, 2.05) is 12.1 Å². The molecule has 0 radical (unpaired) electrons. The average Bonchev–Trinajstić information content (AvgIpc) is 2.43. The molecular formula is C16H26O3. The van der Waals surface area contributed by atoms with Crippen LogP contribution in [0.5, 0.6) is 5.75 Å². The van der Waals surface area contributed by atoms with Gasteiger partial charge in [0.15, 0.2) is 0 Å². The van der Waals surface area contributed by atoms with E-state index in [2.05, 4.69) is 6.92 Å². The first-order chi connectivity index (χ1) is 9.33. The largest absolute Gasteiger partial charge is 0.508 e. The van der Waals surface area contributed by atoms with Crippen molar-refractivity contribution in [2.75, 3.05) is 26.4 Å². The third-order valence-corrected chi connectivity index (χ3v) is 2.87. The maximum atomic E-state index is 9.17. The van der Waals surface area contributed by atoms with Gasteiger partial charge in [0, 0.05) is 26.4 Å². The Hall–Kier alpha value is -1.06. The van der Waals surface area contributed by atoms with Crippen LogP contribution in [0.25, 0.3) is 0 Å². The Bertz CT molecular complexity index is 308. The van der Waals surface area contributed by atoms with Crippen molar-refractivity contribution in [3.05, 3.63) is 29.8 Å². The highest BCUT2D eigenvalue weighted by Crippen LogP contribution is 2.11. The number of benzene rings is 1. The van der Waals surface area contributed by atoms with Crippen molar-refractivity contribution in [2.24, 2.45) is 0 Å². The number of hydrogen-bond acceptors (Lipinski definition) is 3. The second-order valence-corrected chi connectivity index (χ2v) is 4.70. The third kappa shape index (κ3) is 8.62. The molecule has 0 saturated carbocycles. The first-order valence-corrected chi connectivity index (χ1v) is 7.26. The highest BCUT2D eigenvalue weighted by molar-refractivity contribution is 5.25. The summed E-state index contributed by atoms with van der Waals surface area (Å²) >= 11 is 0. The first-order valence-electron chi connectivity index (χ1n) is 7.26. The van der Waals surface area contributed by atoms with E-state index in [9.17, 15) is 5.11 Å². The van der Waals surface area contributed by atoms with Crippen LogP contribution < -0.4 is 0 Å². The fraction of sp³-hybridized carbons (Fsp3) is 0.625. The Labute approximate surface area is 116 Å². The highest BCUT2D eigenvalue weighted by atomic mass is 16.5. The van der Waals surface area contributed by atoms with Crippen LogP contribution in [0, 0.1) is 0 Å². The number of ether oxygens (including phenoxy) is 2. The summed E-state index contributed by atoms with van der Waals surface area (Å²) in [5, 5.41) is 9.17. The lowest BCUT2D eigenvalue weighted by Crippen LogP contribution is -2.03. The van der Waals surface area contributed by atoms with Crippen LogP contribution in [0.15, 0.2) is 24.3 Å². The van der Waals surface area contributed by atoms with Gasteiger partial charge in [-0.3, -0.25) is 0 Å². The minimum atomic E-state index is 0.331. The molecule has 0 aliphatic carbocycles. The molecule has 1 N–H and O–H groups in total. The van der Waals surface area contributed by atoms with E-state index < -0.39 is 0 Å². The van der Waals surface area contributed by atoms with E-state index in [-0.39, 0.29) is 0 Å². The van der Waals surface area contributed by atoms with Gasteiger partial charge in [0.05, 0.1) is 0 Å². The van der Waals surface area contributed by atoms with Gasteiger partial charge in [-0.2, -0.15) is 0 Å². The molecule has 0 heterocycles. The molecule has 0 unspecified atom stereocenters. The topological polar surface area (TPSA) is 38.7 Å². The van der Waals surface area contributed by atoms with E-state index in [1.54, 1.807) is 12.1 Å². The molecule has 0 aliphatic rings. The lowest BCUT2D eigenvalue weighted by molar-refractivity contribution is 0.0815. The van der Waals surface area contributed by atoms with Gasteiger partial charge in [0.1, 0.15) is 5.75 Å². The molecule has 0 bridgehead atoms. The van der Waals surface area contributed by atoms with E-state index in [0.29, 0.717) is 5.75 Å². The van der Waals surface area contributed by atoms with Crippen LogP contribution >= 0.6 is 0 Å². The van der Waals surface area contributed by atoms with Crippen molar-refractivity contribution >= 4 is 0 Å². The van der Waals surface area contributed by atoms with Crippen LogP contribution in [0.1, 0.15) is 38.2 Å². The van der Waals surface area contributed by atoms with Crippen LogP contribution in [0.2, 0.25) is 0 Å². The maximum Gasteiger partial charge on any atom is 0.115 e. The standard InChI is InChI=1S/C16H26O3/c1-2-11-18-13-5-14-19-12-4-3-6-15-7-9-16(17)10-8-15/h7-10,17H,2-6,11-14H2,1H3. The molecular weight excluding hydrogens is 240 g/mol. The van der Waals surface area contributed by atoms with Gasteiger partial charge < -0.3 is 14.6 Å². The summed E-state index contributed by atoms with van der Waals surface area (Å²) in [5.74, 6) is 0.331. The molecule has 1 rings (SSSR count). The van der Waals surface area contributed by atoms with Crippen molar-refractivity contribution < 1.29 is 14.6 Å². The molecule has 3 heteroatoms. The zero-order valence-corrected chi connectivity index (χ0v) is 11.9. The van der Waals surface area contributed by atoms with E-state index in [4.69, 9.17) is 9.47 Å². The Balaban J connectivity index is 1.87. The lowest BCUT2D eigenvalue weighted by atomic mass is 10.1. The molecule has 0 fully saturated rings. The quantitative estimate of drug-likeness (QED) is 0.622. The summed E-state index contributed by atoms with van der Waals surface area (Å²) < 4.78 is 10.9. The Kier molecular flexibility index (Phi) is 9.11. The molecule has 3 nitrogen and oxygen atoms in total. The summed E-state index contributed by atoms with van der Waals surface area (Å²) in [6.07, 6.45) is 5.31. The molecule has 19 heavy (non-hydrogen) atoms. The Morgan fingerprint density at radius 1 is 0.842 bits per heavy atom. The molecule has 1 aromatic rings. The molecule has 108 valence electrons. The van der Waals surface area contributed by atoms with Crippen molar-refractivity contribution in [2.45, 2.75) is 39.0 Å². The maximum absolute atomic E-state index is 9.17. The molecule has 0 aromatic heterocycles. The summed E-state index contributed by atoms with van der Waals surface area (Å²) in [7, 11) is 0. The van der Waals surface area contributed by atoms with Gasteiger partial charge >= 0.3 is 0 Å². The number of unbranched alkanes of at least 4 members (excludes halogenated alkanes) is 1. The van der Waals surface area contributed by atoms with Gasteiger partial charge in [-0.15, -0.1) is 0 Å². The molecule has 0 spiro atoms. The minimum absolute atomic E-state index is 0.331. The van der Waals surface area contributed by atoms with Crippen molar-refractivity contribution in [3.63, 3.8) is 0 Å². The second-order valence-electron chi connectivity index (χ2n) is 4.70. The smallest absolute Gasteiger partial charge is 0.115 e. The van der Waals surface area contributed by atoms with E-state index in [1.165, 1.54) is 5.56 Å². The van der Waals surface area contributed by atoms with Crippen LogP contribution in [0.4, 0.5) is 0 Å². The predicted molar refractivity (Wildman–Crippen MR) is 77.6 cm³/mol. The summed E-state index contributed by atoms with van der Waals surface area (Å²) in [4.78, 5) is 0. The zero-order valence-electron chi connectivity index (χ0n) is 11.9. The molecule has 0 aliphatic heterocycles. The zero-order chi connectivity index (χ0) is 13.8. The van der Waals surface area contributed by atoms with E-state index >= 15 is 0 Å². The van der Waals surface area contributed by atoms with Gasteiger partial charge in [0.25, 0.3) is 0 Å². The van der Waals surface area contributed by atoms with Crippen molar-refractivity contribution in [1.82, 2.24) is 0 Å². The number of hydrogen-bond donors (Lipinski definition) is 1. The number of rotatable bonds is 11. The van der Waals surface area contributed by atoms with Gasteiger partial charge in [-0.05, 0) is 49.8 Å². The molecule has 0 atom stereocenters. The van der Waals surface area contributed by atoms with Crippen molar-refractivity contribution in [1.29, 1.82) is 0 Å². The highest BCUT2D eigenvalue weighted by Gasteiger charge is 1.95. The minimum Gasteiger partial charge on any atom is -0.508 e. The van der Waals surface area contributed by atoms with Gasteiger partial charge in [-0.1, -0.05) is 19.1 Å². The van der Waals surface area contributed by atoms with Gasteiger partial charge in [-0.25, -0.2) is 0 Å². The summed E-state index contributed by atoms with van der Waals surface area (Å²) in [6, 6.07) is 7.42. The first kappa shape index (κ1) is 16.0. The van der Waals surface area contributed by atoms with Gasteiger partial charge in [0.2, 0.25) is 0 Å². The summed E-state index contributed by atoms with van der Waals surface area (Å²) in [6.45, 7) is 5.40. The lowest BCUT2D eigenvalue weighted by Gasteiger charge is -2.05. The Morgan fingerprint density at radius 2 is 1.47 bits per heavy atom. The monoisotopic (exact) mass is 266 g/mol. The summed E-state index contributed by atoms with van der Waals surface area (Å²) in [5.41, 5.74) is 1.27. The fourth-order valence-corrected chi connectivity index (χ4v) is 1.81. The van der Waals surface area contributed by atoms with Crippen LogP contribution in [0.3, 0.4) is 0 Å². The third-order valence-electron chi connectivity index (χ3n) is 2.87. The van der Waals surface area contributed by atoms with Crippen LogP contribution in [-0.2, 0) is 15.9 Å². The number of aryl methyl sites for hydroxylation is 1. The van der Waals surface area contributed by atoms with E-state index in [0.717, 1.165) is 58.5 Å². The molecule has 0 saturated heterocycles.